The highest BCUT2D eigenvalue weighted by molar-refractivity contribution is 5.79. The summed E-state index contributed by atoms with van der Waals surface area (Å²) in [6, 6.07) is 8.17. The van der Waals surface area contributed by atoms with Crippen molar-refractivity contribution in [3.8, 4) is 5.75 Å². The number of nitrogens with one attached hydrogen (secondary N) is 1. The molecule has 1 atom stereocenters. The number of hydrogen-bond acceptors (Lipinski definition) is 3. The van der Waals surface area contributed by atoms with Gasteiger partial charge in [-0.25, -0.2) is 0 Å². The second kappa shape index (κ2) is 7.14. The fourth-order valence-corrected chi connectivity index (χ4v) is 2.87. The molecule has 22 heavy (non-hydrogen) atoms. The molecule has 1 unspecified atom stereocenters. The lowest BCUT2D eigenvalue weighted by Gasteiger charge is -2.33. The van der Waals surface area contributed by atoms with Crippen LogP contribution >= 0.6 is 0 Å². The minimum absolute atomic E-state index is 0.103. The number of ether oxygens (including phenoxy) is 1. The topological polar surface area (TPSA) is 41.6 Å². The van der Waals surface area contributed by atoms with E-state index >= 15 is 0 Å². The minimum Gasteiger partial charge on any atom is -0.497 e. The zero-order valence-electron chi connectivity index (χ0n) is 14.2. The van der Waals surface area contributed by atoms with Crippen molar-refractivity contribution in [2.75, 3.05) is 20.2 Å². The standard InChI is InChI=1S/C18H28N2O2/c1-18(2,3)19-17(21)15-6-5-11-20(13-15)12-14-7-9-16(22-4)10-8-14/h7-10,15H,5-6,11-13H2,1-4H3,(H,19,21). The molecule has 122 valence electrons. The third-order valence-corrected chi connectivity index (χ3v) is 3.94. The van der Waals surface area contributed by atoms with Gasteiger partial charge in [0.25, 0.3) is 0 Å². The van der Waals surface area contributed by atoms with E-state index in [2.05, 4.69) is 22.3 Å². The smallest absolute Gasteiger partial charge is 0.224 e. The molecule has 1 saturated heterocycles. The molecule has 1 N–H and O–H groups in total. The Morgan fingerprint density at radius 1 is 1.32 bits per heavy atom. The Morgan fingerprint density at radius 3 is 2.59 bits per heavy atom. The summed E-state index contributed by atoms with van der Waals surface area (Å²) in [6.45, 7) is 8.89. The summed E-state index contributed by atoms with van der Waals surface area (Å²) in [5, 5.41) is 3.11. The maximum Gasteiger partial charge on any atom is 0.224 e. The van der Waals surface area contributed by atoms with Crippen molar-refractivity contribution in [1.29, 1.82) is 0 Å². The van der Waals surface area contributed by atoms with E-state index in [0.717, 1.165) is 38.2 Å². The Hall–Kier alpha value is -1.55. The first-order valence-electron chi connectivity index (χ1n) is 8.05. The first kappa shape index (κ1) is 16.8. The lowest BCUT2D eigenvalue weighted by Crippen LogP contribution is -2.48. The molecule has 0 saturated carbocycles. The van der Waals surface area contributed by atoms with E-state index < -0.39 is 0 Å². The van der Waals surface area contributed by atoms with Crippen LogP contribution in [0.1, 0.15) is 39.2 Å². The van der Waals surface area contributed by atoms with E-state index in [1.807, 2.05) is 32.9 Å². The first-order chi connectivity index (χ1) is 10.4. The number of carbonyl (C=O) groups is 1. The summed E-state index contributed by atoms with van der Waals surface area (Å²) in [5.74, 6) is 1.17. The number of methoxy groups -OCH3 is 1. The summed E-state index contributed by atoms with van der Waals surface area (Å²) < 4.78 is 5.19. The van der Waals surface area contributed by atoms with Crippen molar-refractivity contribution in [3.05, 3.63) is 29.8 Å². The van der Waals surface area contributed by atoms with E-state index in [9.17, 15) is 4.79 Å². The van der Waals surface area contributed by atoms with Gasteiger partial charge in [0.2, 0.25) is 5.91 Å². The maximum absolute atomic E-state index is 12.3. The second-order valence-electron chi connectivity index (χ2n) is 7.16. The molecule has 0 aliphatic carbocycles. The number of carbonyl (C=O) groups excluding carboxylic acids is 1. The molecule has 1 aliphatic rings. The zero-order valence-corrected chi connectivity index (χ0v) is 14.2. The van der Waals surface area contributed by atoms with Gasteiger partial charge < -0.3 is 10.1 Å². The van der Waals surface area contributed by atoms with Gasteiger partial charge in [-0.1, -0.05) is 12.1 Å². The Morgan fingerprint density at radius 2 is 2.00 bits per heavy atom. The summed E-state index contributed by atoms with van der Waals surface area (Å²) in [7, 11) is 1.68. The van der Waals surface area contributed by atoms with Gasteiger partial charge in [0.05, 0.1) is 13.0 Å². The SMILES string of the molecule is COc1ccc(CN2CCCC(C(=O)NC(C)(C)C)C2)cc1. The van der Waals surface area contributed by atoms with Crippen molar-refractivity contribution in [2.45, 2.75) is 45.7 Å². The Balaban J connectivity index is 1.91. The lowest BCUT2D eigenvalue weighted by molar-refractivity contribution is -0.128. The molecule has 1 aliphatic heterocycles. The largest absolute Gasteiger partial charge is 0.497 e. The van der Waals surface area contributed by atoms with Gasteiger partial charge in [-0.05, 0) is 57.9 Å². The van der Waals surface area contributed by atoms with Crippen molar-refractivity contribution in [1.82, 2.24) is 10.2 Å². The van der Waals surface area contributed by atoms with Crippen LogP contribution in [0.15, 0.2) is 24.3 Å². The predicted octanol–water partition coefficient (Wildman–Crippen LogP) is 2.82. The fourth-order valence-electron chi connectivity index (χ4n) is 2.87. The maximum atomic E-state index is 12.3. The first-order valence-corrected chi connectivity index (χ1v) is 8.05. The van der Waals surface area contributed by atoms with Gasteiger partial charge in [-0.3, -0.25) is 9.69 Å². The van der Waals surface area contributed by atoms with Crippen LogP contribution in [0.2, 0.25) is 0 Å². The molecule has 4 heteroatoms. The average Bonchev–Trinajstić information content (AvgIpc) is 2.46. The van der Waals surface area contributed by atoms with Crippen LogP contribution in [-0.4, -0.2) is 36.5 Å². The third kappa shape index (κ3) is 5.02. The van der Waals surface area contributed by atoms with Crippen LogP contribution in [-0.2, 0) is 11.3 Å². The molecule has 0 radical (unpaired) electrons. The van der Waals surface area contributed by atoms with Crippen molar-refractivity contribution in [3.63, 3.8) is 0 Å². The predicted molar refractivity (Wildman–Crippen MR) is 88.9 cm³/mol. The van der Waals surface area contributed by atoms with Gasteiger partial charge in [0.15, 0.2) is 0 Å². The van der Waals surface area contributed by atoms with Crippen molar-refractivity contribution >= 4 is 5.91 Å². The van der Waals surface area contributed by atoms with Crippen LogP contribution < -0.4 is 10.1 Å². The number of hydrogen-bond donors (Lipinski definition) is 1. The van der Waals surface area contributed by atoms with E-state index in [4.69, 9.17) is 4.74 Å². The van der Waals surface area contributed by atoms with Gasteiger partial charge in [-0.15, -0.1) is 0 Å². The Bertz CT molecular complexity index is 491. The second-order valence-corrected chi connectivity index (χ2v) is 7.16. The highest BCUT2D eigenvalue weighted by Gasteiger charge is 2.27. The number of piperidine rings is 1. The zero-order chi connectivity index (χ0) is 16.2. The number of likely N-dealkylation sites (tertiary alicyclic amines) is 1. The molecule has 0 bridgehead atoms. The van der Waals surface area contributed by atoms with Crippen LogP contribution in [0.4, 0.5) is 0 Å². The van der Waals surface area contributed by atoms with E-state index in [0.29, 0.717) is 0 Å². The number of benzene rings is 1. The van der Waals surface area contributed by atoms with E-state index in [1.54, 1.807) is 7.11 Å². The number of nitrogens with zero attached hydrogens (tertiary/aromatic N) is 1. The highest BCUT2D eigenvalue weighted by atomic mass is 16.5. The molecular formula is C18H28N2O2. The molecule has 1 aromatic rings. The molecule has 1 aromatic carbocycles. The molecule has 1 fully saturated rings. The highest BCUT2D eigenvalue weighted by Crippen LogP contribution is 2.20. The summed E-state index contributed by atoms with van der Waals surface area (Å²) in [6.07, 6.45) is 2.07. The van der Waals surface area contributed by atoms with Gasteiger partial charge in [-0.2, -0.15) is 0 Å². The van der Waals surface area contributed by atoms with Gasteiger partial charge in [0, 0.05) is 18.6 Å². The summed E-state index contributed by atoms with van der Waals surface area (Å²) in [5.41, 5.74) is 1.10. The van der Waals surface area contributed by atoms with Crippen LogP contribution in [0.5, 0.6) is 5.75 Å². The van der Waals surface area contributed by atoms with Crippen LogP contribution in [0.3, 0.4) is 0 Å². The number of rotatable bonds is 4. The van der Waals surface area contributed by atoms with E-state index in [1.165, 1.54) is 5.56 Å². The number of amides is 1. The van der Waals surface area contributed by atoms with Crippen molar-refractivity contribution < 1.29 is 9.53 Å². The monoisotopic (exact) mass is 304 g/mol. The normalized spacial score (nSPS) is 19.7. The fraction of sp³-hybridized carbons (Fsp3) is 0.611. The molecule has 4 nitrogen and oxygen atoms in total. The molecule has 0 spiro atoms. The van der Waals surface area contributed by atoms with E-state index in [-0.39, 0.29) is 17.4 Å². The van der Waals surface area contributed by atoms with Gasteiger partial charge in [0.1, 0.15) is 5.75 Å². The molecule has 1 amide bonds. The van der Waals surface area contributed by atoms with Gasteiger partial charge >= 0.3 is 0 Å². The van der Waals surface area contributed by atoms with Crippen LogP contribution in [0, 0.1) is 5.92 Å². The molecule has 0 aromatic heterocycles. The summed E-state index contributed by atoms with van der Waals surface area (Å²) >= 11 is 0. The Labute approximate surface area is 133 Å². The average molecular weight is 304 g/mol. The lowest BCUT2D eigenvalue weighted by atomic mass is 9.95. The van der Waals surface area contributed by atoms with Crippen LogP contribution in [0.25, 0.3) is 0 Å². The third-order valence-electron chi connectivity index (χ3n) is 3.94. The minimum atomic E-state index is -0.157. The molecule has 1 heterocycles. The summed E-state index contributed by atoms with van der Waals surface area (Å²) in [4.78, 5) is 14.7. The van der Waals surface area contributed by atoms with Crippen molar-refractivity contribution in [2.24, 2.45) is 5.92 Å². The molecule has 2 rings (SSSR count). The quantitative estimate of drug-likeness (QED) is 0.930. The Kier molecular flexibility index (Phi) is 5.46. The molecular weight excluding hydrogens is 276 g/mol.